The number of rotatable bonds is 5. The van der Waals surface area contributed by atoms with Crippen molar-refractivity contribution in [2.24, 2.45) is 0 Å². The Morgan fingerprint density at radius 3 is 2.10 bits per heavy atom. The summed E-state index contributed by atoms with van der Waals surface area (Å²) in [6.07, 6.45) is 0. The van der Waals surface area contributed by atoms with Crippen molar-refractivity contribution in [3.05, 3.63) is 58.9 Å². The highest BCUT2D eigenvalue weighted by molar-refractivity contribution is 7.89. The zero-order valence-corrected chi connectivity index (χ0v) is 17.7. The molecule has 0 bridgehead atoms. The van der Waals surface area contributed by atoms with E-state index >= 15 is 0 Å². The molecule has 1 amide bonds. The summed E-state index contributed by atoms with van der Waals surface area (Å²) in [6.45, 7) is 7.65. The lowest BCUT2D eigenvalue weighted by Crippen LogP contribution is -2.50. The molecule has 1 aliphatic rings. The van der Waals surface area contributed by atoms with E-state index in [-0.39, 0.29) is 30.4 Å². The van der Waals surface area contributed by atoms with Gasteiger partial charge in [-0.2, -0.15) is 4.31 Å². The molecule has 2 aromatic carbocycles. The fraction of sp³-hybridized carbons (Fsp3) is 0.381. The van der Waals surface area contributed by atoms with Gasteiger partial charge in [-0.3, -0.25) is 9.69 Å². The zero-order valence-electron chi connectivity index (χ0n) is 16.9. The minimum absolute atomic E-state index is 0.0791. The van der Waals surface area contributed by atoms with Crippen LogP contribution in [0.1, 0.15) is 16.7 Å². The van der Waals surface area contributed by atoms with E-state index in [1.54, 1.807) is 0 Å². The Labute approximate surface area is 171 Å². The van der Waals surface area contributed by atoms with Gasteiger partial charge in [0.2, 0.25) is 15.9 Å². The SMILES string of the molecule is Cc1cc(C)c(NC(=O)CN2CCN(S(=O)(=O)c3ccc(F)cc3)CC2)c(C)c1. The fourth-order valence-corrected chi connectivity index (χ4v) is 5.07. The lowest BCUT2D eigenvalue weighted by Gasteiger charge is -2.33. The second-order valence-electron chi connectivity index (χ2n) is 7.46. The molecule has 1 N–H and O–H groups in total. The molecule has 0 atom stereocenters. The maximum absolute atomic E-state index is 13.1. The summed E-state index contributed by atoms with van der Waals surface area (Å²) in [5.74, 6) is -0.589. The molecule has 0 aromatic heterocycles. The highest BCUT2D eigenvalue weighted by Gasteiger charge is 2.29. The molecule has 2 aromatic rings. The number of anilines is 1. The first-order chi connectivity index (χ1) is 13.7. The number of hydrogen-bond donors (Lipinski definition) is 1. The van der Waals surface area contributed by atoms with Crippen LogP contribution in [0.5, 0.6) is 0 Å². The Hall–Kier alpha value is -2.29. The molecule has 0 spiro atoms. The molecule has 1 heterocycles. The molecule has 0 unspecified atom stereocenters. The van der Waals surface area contributed by atoms with Crippen molar-refractivity contribution in [2.75, 3.05) is 38.0 Å². The van der Waals surface area contributed by atoms with E-state index < -0.39 is 15.8 Å². The molecular formula is C21H26FN3O3S. The largest absolute Gasteiger partial charge is 0.324 e. The minimum atomic E-state index is -3.66. The highest BCUT2D eigenvalue weighted by atomic mass is 32.2. The standard InChI is InChI=1S/C21H26FN3O3S/c1-15-12-16(2)21(17(3)13-15)23-20(26)14-24-8-10-25(11-9-24)29(27,28)19-6-4-18(22)5-7-19/h4-7,12-13H,8-11,14H2,1-3H3,(H,23,26). The van der Waals surface area contributed by atoms with Gasteiger partial charge < -0.3 is 5.32 Å². The van der Waals surface area contributed by atoms with Crippen LogP contribution < -0.4 is 5.32 Å². The van der Waals surface area contributed by atoms with Crippen LogP contribution in [0.2, 0.25) is 0 Å². The smallest absolute Gasteiger partial charge is 0.243 e. The predicted molar refractivity (Wildman–Crippen MR) is 111 cm³/mol. The van der Waals surface area contributed by atoms with Crippen LogP contribution in [0.25, 0.3) is 0 Å². The molecule has 1 aliphatic heterocycles. The monoisotopic (exact) mass is 419 g/mol. The van der Waals surface area contributed by atoms with Gasteiger partial charge in [0, 0.05) is 31.9 Å². The topological polar surface area (TPSA) is 69.7 Å². The van der Waals surface area contributed by atoms with Crippen LogP contribution >= 0.6 is 0 Å². The van der Waals surface area contributed by atoms with Crippen molar-refractivity contribution in [3.8, 4) is 0 Å². The molecule has 29 heavy (non-hydrogen) atoms. The first kappa shape index (κ1) is 21.4. The molecule has 0 radical (unpaired) electrons. The maximum atomic E-state index is 13.1. The fourth-order valence-electron chi connectivity index (χ4n) is 3.64. The van der Waals surface area contributed by atoms with Crippen LogP contribution in [0, 0.1) is 26.6 Å². The highest BCUT2D eigenvalue weighted by Crippen LogP contribution is 2.22. The van der Waals surface area contributed by atoms with Crippen molar-refractivity contribution >= 4 is 21.6 Å². The second-order valence-corrected chi connectivity index (χ2v) is 9.39. The summed E-state index contributed by atoms with van der Waals surface area (Å²) in [5, 5.41) is 2.98. The third-order valence-electron chi connectivity index (χ3n) is 5.09. The van der Waals surface area contributed by atoms with Crippen molar-refractivity contribution < 1.29 is 17.6 Å². The van der Waals surface area contributed by atoms with Crippen molar-refractivity contribution in [1.29, 1.82) is 0 Å². The van der Waals surface area contributed by atoms with E-state index in [1.807, 2.05) is 37.8 Å². The van der Waals surface area contributed by atoms with Gasteiger partial charge in [0.05, 0.1) is 11.4 Å². The van der Waals surface area contributed by atoms with Gasteiger partial charge in [-0.05, 0) is 56.2 Å². The maximum Gasteiger partial charge on any atom is 0.243 e. The van der Waals surface area contributed by atoms with Crippen LogP contribution in [0.15, 0.2) is 41.3 Å². The number of nitrogens with one attached hydrogen (secondary N) is 1. The van der Waals surface area contributed by atoms with Crippen molar-refractivity contribution in [1.82, 2.24) is 9.21 Å². The molecule has 0 aliphatic carbocycles. The number of halogens is 1. The molecular weight excluding hydrogens is 393 g/mol. The Morgan fingerprint density at radius 1 is 1.00 bits per heavy atom. The Kier molecular flexibility index (Phi) is 6.36. The number of benzene rings is 2. The van der Waals surface area contributed by atoms with Gasteiger partial charge in [0.25, 0.3) is 0 Å². The van der Waals surface area contributed by atoms with Gasteiger partial charge in [0.1, 0.15) is 5.82 Å². The molecule has 6 nitrogen and oxygen atoms in total. The van der Waals surface area contributed by atoms with E-state index in [0.717, 1.165) is 34.5 Å². The van der Waals surface area contributed by atoms with Crippen LogP contribution in [0.4, 0.5) is 10.1 Å². The third-order valence-corrected chi connectivity index (χ3v) is 7.00. The van der Waals surface area contributed by atoms with Gasteiger partial charge in [-0.25, -0.2) is 12.8 Å². The molecule has 3 rings (SSSR count). The average Bonchev–Trinajstić information content (AvgIpc) is 2.65. The molecule has 0 saturated carbocycles. The van der Waals surface area contributed by atoms with E-state index in [2.05, 4.69) is 5.32 Å². The van der Waals surface area contributed by atoms with Gasteiger partial charge >= 0.3 is 0 Å². The summed E-state index contributed by atoms with van der Waals surface area (Å²) in [7, 11) is -3.66. The number of hydrogen-bond acceptors (Lipinski definition) is 4. The minimum Gasteiger partial charge on any atom is -0.324 e. The zero-order chi connectivity index (χ0) is 21.2. The Morgan fingerprint density at radius 2 is 1.55 bits per heavy atom. The van der Waals surface area contributed by atoms with E-state index in [4.69, 9.17) is 0 Å². The summed E-state index contributed by atoms with van der Waals surface area (Å²) in [6, 6.07) is 8.89. The second kappa shape index (κ2) is 8.61. The number of amides is 1. The van der Waals surface area contributed by atoms with E-state index in [1.165, 1.54) is 16.4 Å². The predicted octanol–water partition coefficient (Wildman–Crippen LogP) is 2.70. The van der Waals surface area contributed by atoms with E-state index in [0.29, 0.717) is 13.1 Å². The van der Waals surface area contributed by atoms with Gasteiger partial charge in [-0.15, -0.1) is 0 Å². The summed E-state index contributed by atoms with van der Waals surface area (Å²) < 4.78 is 39.8. The average molecular weight is 420 g/mol. The molecule has 1 saturated heterocycles. The van der Waals surface area contributed by atoms with Crippen LogP contribution in [0.3, 0.4) is 0 Å². The summed E-state index contributed by atoms with van der Waals surface area (Å²) >= 11 is 0. The Bertz CT molecular complexity index is 975. The summed E-state index contributed by atoms with van der Waals surface area (Å²) in [5.41, 5.74) is 4.02. The van der Waals surface area contributed by atoms with Crippen LogP contribution in [-0.4, -0.2) is 56.3 Å². The summed E-state index contributed by atoms with van der Waals surface area (Å²) in [4.78, 5) is 14.5. The Balaban J connectivity index is 1.57. The number of carbonyl (C=O) groups excluding carboxylic acids is 1. The first-order valence-corrected chi connectivity index (χ1v) is 11.0. The number of aryl methyl sites for hydroxylation is 3. The third kappa shape index (κ3) is 5.01. The number of piperazine rings is 1. The quantitative estimate of drug-likeness (QED) is 0.809. The molecule has 1 fully saturated rings. The van der Waals surface area contributed by atoms with Crippen molar-refractivity contribution in [2.45, 2.75) is 25.7 Å². The lowest BCUT2D eigenvalue weighted by atomic mass is 10.1. The number of nitrogens with zero attached hydrogens (tertiary/aromatic N) is 2. The lowest BCUT2D eigenvalue weighted by molar-refractivity contribution is -0.117. The normalized spacial score (nSPS) is 16.0. The molecule has 156 valence electrons. The van der Waals surface area contributed by atoms with Gasteiger partial charge in [-0.1, -0.05) is 17.7 Å². The van der Waals surface area contributed by atoms with Crippen molar-refractivity contribution in [3.63, 3.8) is 0 Å². The van der Waals surface area contributed by atoms with E-state index in [9.17, 15) is 17.6 Å². The molecule has 8 heteroatoms. The first-order valence-electron chi connectivity index (χ1n) is 9.52. The van der Waals surface area contributed by atoms with Crippen LogP contribution in [-0.2, 0) is 14.8 Å². The van der Waals surface area contributed by atoms with Gasteiger partial charge in [0.15, 0.2) is 0 Å². The number of carbonyl (C=O) groups is 1. The number of sulfonamides is 1.